The van der Waals surface area contributed by atoms with Gasteiger partial charge in [-0.05, 0) is 67.7 Å². The van der Waals surface area contributed by atoms with E-state index in [9.17, 15) is 9.90 Å². The maximum Gasteiger partial charge on any atom is 0.318 e. The quantitative estimate of drug-likeness (QED) is 0.488. The predicted molar refractivity (Wildman–Crippen MR) is 149 cm³/mol. The number of hydrogen-bond donors (Lipinski definition) is 2. The summed E-state index contributed by atoms with van der Waals surface area (Å²) in [6.45, 7) is 5.87. The van der Waals surface area contributed by atoms with Gasteiger partial charge in [0.05, 0.1) is 32.4 Å². The number of nitrogens with zero attached hydrogens (tertiary/aromatic N) is 3. The SMILES string of the molecule is CCCNC(=O)N1CC2(CCN(Cc3cccc(OC)c3)CC2)c2c(n(C)c3cc(OC)ccc23)[C@@H]1CO. The van der Waals surface area contributed by atoms with Crippen molar-refractivity contribution in [3.63, 3.8) is 0 Å². The molecule has 2 amide bonds. The summed E-state index contributed by atoms with van der Waals surface area (Å²) in [5.74, 6) is 1.68. The number of likely N-dealkylation sites (tertiary alicyclic amines) is 1. The number of nitrogens with one attached hydrogen (secondary N) is 1. The van der Waals surface area contributed by atoms with Crippen molar-refractivity contribution in [2.45, 2.75) is 44.2 Å². The van der Waals surface area contributed by atoms with Crippen LogP contribution in [0.2, 0.25) is 0 Å². The molecule has 204 valence electrons. The molecule has 1 atom stereocenters. The number of hydrogen-bond acceptors (Lipinski definition) is 5. The summed E-state index contributed by atoms with van der Waals surface area (Å²) in [5.41, 5.74) is 4.44. The number of amides is 2. The molecule has 0 radical (unpaired) electrons. The lowest BCUT2D eigenvalue weighted by atomic mass is 9.68. The first kappa shape index (κ1) is 26.4. The van der Waals surface area contributed by atoms with Crippen molar-refractivity contribution in [1.29, 1.82) is 0 Å². The number of fused-ring (bicyclic) bond motifs is 4. The lowest BCUT2D eigenvalue weighted by Gasteiger charge is -2.50. The van der Waals surface area contributed by atoms with Crippen LogP contribution in [0.25, 0.3) is 10.9 Å². The van der Waals surface area contributed by atoms with Crippen molar-refractivity contribution in [3.8, 4) is 11.5 Å². The van der Waals surface area contributed by atoms with Crippen molar-refractivity contribution in [2.75, 3.05) is 47.0 Å². The Morgan fingerprint density at radius 1 is 1.11 bits per heavy atom. The average molecular weight is 521 g/mol. The Morgan fingerprint density at radius 2 is 1.84 bits per heavy atom. The number of aryl methyl sites for hydroxylation is 1. The van der Waals surface area contributed by atoms with E-state index in [4.69, 9.17) is 9.47 Å². The molecule has 0 unspecified atom stereocenters. The van der Waals surface area contributed by atoms with E-state index < -0.39 is 6.04 Å². The minimum Gasteiger partial charge on any atom is -0.497 e. The van der Waals surface area contributed by atoms with E-state index in [0.29, 0.717) is 13.1 Å². The van der Waals surface area contributed by atoms with Crippen molar-refractivity contribution >= 4 is 16.9 Å². The monoisotopic (exact) mass is 520 g/mol. The molecular weight excluding hydrogens is 480 g/mol. The number of methoxy groups -OCH3 is 2. The molecule has 0 aliphatic carbocycles. The maximum atomic E-state index is 13.4. The Hall–Kier alpha value is -3.23. The molecule has 1 saturated heterocycles. The first-order valence-electron chi connectivity index (χ1n) is 13.6. The van der Waals surface area contributed by atoms with E-state index in [1.54, 1.807) is 14.2 Å². The van der Waals surface area contributed by atoms with Crippen LogP contribution in [-0.4, -0.2) is 72.5 Å². The zero-order valence-corrected chi connectivity index (χ0v) is 23.0. The van der Waals surface area contributed by atoms with Crippen molar-refractivity contribution < 1.29 is 19.4 Å². The number of ether oxygens (including phenoxy) is 2. The van der Waals surface area contributed by atoms with Crippen LogP contribution in [0.4, 0.5) is 4.79 Å². The Balaban J connectivity index is 1.53. The fourth-order valence-corrected chi connectivity index (χ4v) is 6.48. The molecule has 3 aromatic rings. The number of aliphatic hydroxyl groups is 1. The summed E-state index contributed by atoms with van der Waals surface area (Å²) >= 11 is 0. The maximum absolute atomic E-state index is 13.4. The van der Waals surface area contributed by atoms with Crippen molar-refractivity contribution in [3.05, 3.63) is 59.3 Å². The average Bonchev–Trinajstić information content (AvgIpc) is 3.25. The lowest BCUT2D eigenvalue weighted by Crippen LogP contribution is -2.57. The third-order valence-electron chi connectivity index (χ3n) is 8.46. The van der Waals surface area contributed by atoms with Gasteiger partial charge in [0.25, 0.3) is 0 Å². The summed E-state index contributed by atoms with van der Waals surface area (Å²) in [6.07, 6.45) is 2.74. The fraction of sp³-hybridized carbons (Fsp3) is 0.500. The van der Waals surface area contributed by atoms with Gasteiger partial charge in [0, 0.05) is 49.2 Å². The second-order valence-electron chi connectivity index (χ2n) is 10.7. The first-order valence-corrected chi connectivity index (χ1v) is 13.6. The van der Waals surface area contributed by atoms with Crippen LogP contribution in [0, 0.1) is 0 Å². The van der Waals surface area contributed by atoms with Gasteiger partial charge in [0.1, 0.15) is 11.5 Å². The fourth-order valence-electron chi connectivity index (χ4n) is 6.48. The van der Waals surface area contributed by atoms with E-state index in [-0.39, 0.29) is 18.1 Å². The largest absolute Gasteiger partial charge is 0.497 e. The molecular formula is C30H40N4O4. The number of carbonyl (C=O) groups excluding carboxylic acids is 1. The number of benzene rings is 2. The van der Waals surface area contributed by atoms with Crippen molar-refractivity contribution in [2.24, 2.45) is 7.05 Å². The van der Waals surface area contributed by atoms with Gasteiger partial charge in [-0.2, -0.15) is 0 Å². The van der Waals surface area contributed by atoms with Gasteiger partial charge in [0.15, 0.2) is 0 Å². The zero-order valence-electron chi connectivity index (χ0n) is 23.0. The van der Waals surface area contributed by atoms with Gasteiger partial charge in [0.2, 0.25) is 0 Å². The molecule has 0 saturated carbocycles. The second kappa shape index (κ2) is 10.9. The van der Waals surface area contributed by atoms with E-state index in [2.05, 4.69) is 46.0 Å². The van der Waals surface area contributed by atoms with Crippen LogP contribution in [0.1, 0.15) is 49.0 Å². The summed E-state index contributed by atoms with van der Waals surface area (Å²) in [4.78, 5) is 17.8. The topological polar surface area (TPSA) is 79.2 Å². The summed E-state index contributed by atoms with van der Waals surface area (Å²) < 4.78 is 13.1. The first-order chi connectivity index (χ1) is 18.4. The lowest BCUT2D eigenvalue weighted by molar-refractivity contribution is 0.0647. The minimum atomic E-state index is -0.398. The Bertz CT molecular complexity index is 1290. The highest BCUT2D eigenvalue weighted by Gasteiger charge is 2.49. The van der Waals surface area contributed by atoms with Crippen LogP contribution >= 0.6 is 0 Å². The van der Waals surface area contributed by atoms with Gasteiger partial charge in [-0.25, -0.2) is 4.79 Å². The molecule has 3 heterocycles. The normalized spacial score (nSPS) is 19.0. The van der Waals surface area contributed by atoms with Crippen LogP contribution in [0.15, 0.2) is 42.5 Å². The second-order valence-corrected chi connectivity index (χ2v) is 10.7. The number of carbonyl (C=O) groups is 1. The molecule has 1 aromatic heterocycles. The zero-order chi connectivity index (χ0) is 26.9. The number of aromatic nitrogens is 1. The molecule has 8 nitrogen and oxygen atoms in total. The Kier molecular flexibility index (Phi) is 7.54. The van der Waals surface area contributed by atoms with E-state index in [0.717, 1.165) is 61.6 Å². The molecule has 1 fully saturated rings. The van der Waals surface area contributed by atoms with Gasteiger partial charge < -0.3 is 29.4 Å². The number of urea groups is 1. The number of piperidine rings is 1. The number of aliphatic hydroxyl groups excluding tert-OH is 1. The third kappa shape index (κ3) is 4.60. The van der Waals surface area contributed by atoms with Gasteiger partial charge in [-0.3, -0.25) is 4.90 Å². The molecule has 8 heteroatoms. The molecule has 1 spiro atoms. The van der Waals surface area contributed by atoms with Gasteiger partial charge >= 0.3 is 6.03 Å². The molecule has 2 aliphatic heterocycles. The smallest absolute Gasteiger partial charge is 0.318 e. The van der Waals surface area contributed by atoms with Crippen LogP contribution in [0.5, 0.6) is 11.5 Å². The molecule has 0 bridgehead atoms. The minimum absolute atomic E-state index is 0.0995. The van der Waals surface area contributed by atoms with Gasteiger partial charge in [-0.15, -0.1) is 0 Å². The molecule has 2 aromatic carbocycles. The van der Waals surface area contributed by atoms with Crippen LogP contribution in [0.3, 0.4) is 0 Å². The summed E-state index contributed by atoms with van der Waals surface area (Å²) in [7, 11) is 5.43. The highest BCUT2D eigenvalue weighted by atomic mass is 16.5. The summed E-state index contributed by atoms with van der Waals surface area (Å²) in [6, 6.07) is 14.0. The summed E-state index contributed by atoms with van der Waals surface area (Å²) in [5, 5.41) is 14.8. The Morgan fingerprint density at radius 3 is 2.53 bits per heavy atom. The van der Waals surface area contributed by atoms with Crippen LogP contribution < -0.4 is 14.8 Å². The highest BCUT2D eigenvalue weighted by molar-refractivity contribution is 5.89. The van der Waals surface area contributed by atoms with Crippen molar-refractivity contribution in [1.82, 2.24) is 19.7 Å². The highest BCUT2D eigenvalue weighted by Crippen LogP contribution is 2.50. The third-order valence-corrected chi connectivity index (χ3v) is 8.46. The van der Waals surface area contributed by atoms with E-state index in [1.165, 1.54) is 16.5 Å². The van der Waals surface area contributed by atoms with E-state index >= 15 is 0 Å². The molecule has 2 aliphatic rings. The Labute approximate surface area is 225 Å². The number of rotatable bonds is 7. The van der Waals surface area contributed by atoms with E-state index in [1.807, 2.05) is 30.1 Å². The predicted octanol–water partition coefficient (Wildman–Crippen LogP) is 4.20. The molecule has 5 rings (SSSR count). The standard InChI is InChI=1S/C30H40N4O4/c1-5-13-31-29(36)34-20-30(11-14-33(15-12-30)18-21-7-6-8-22(16-21)37-3)27-24-10-9-23(38-4)17-25(24)32(2)28(27)26(34)19-35/h6-10,16-17,26,35H,5,11-15,18-20H2,1-4H3,(H,31,36)/t26-/m0/s1. The molecule has 2 N–H and O–H groups in total. The van der Waals surface area contributed by atoms with Gasteiger partial charge in [-0.1, -0.05) is 19.1 Å². The van der Waals surface area contributed by atoms with Crippen LogP contribution in [-0.2, 0) is 19.0 Å². The molecule has 38 heavy (non-hydrogen) atoms.